The lowest BCUT2D eigenvalue weighted by Gasteiger charge is -2.29. The number of anilines is 2. The minimum Gasteiger partial charge on any atom is -0.490 e. The van der Waals surface area contributed by atoms with Gasteiger partial charge in [-0.3, -0.25) is 0 Å². The van der Waals surface area contributed by atoms with Crippen LogP contribution in [0.1, 0.15) is 45.4 Å². The number of hydrogen-bond acceptors (Lipinski definition) is 5. The molecule has 2 rings (SSSR count). The molecule has 0 aliphatic heterocycles. The molecule has 0 radical (unpaired) electrons. The summed E-state index contributed by atoms with van der Waals surface area (Å²) >= 11 is 1.39. The molecule has 0 amide bonds. The van der Waals surface area contributed by atoms with Crippen LogP contribution in [0.2, 0.25) is 0 Å². The predicted molar refractivity (Wildman–Crippen MR) is 77.4 cm³/mol. The molecule has 0 atom stereocenters. The molecule has 1 saturated carbocycles. The van der Waals surface area contributed by atoms with Crippen LogP contribution in [-0.2, 0) is 0 Å². The molecule has 0 aromatic carbocycles. The zero-order valence-corrected chi connectivity index (χ0v) is 12.1. The Hall–Kier alpha value is -0.970. The molecular formula is C13H23N3OS. The number of methoxy groups -OCH3 is 1. The van der Waals surface area contributed by atoms with Crippen LogP contribution in [0.25, 0.3) is 0 Å². The fourth-order valence-electron chi connectivity index (χ4n) is 2.77. The van der Waals surface area contributed by atoms with Gasteiger partial charge in [-0.25, -0.2) is 0 Å². The average molecular weight is 269 g/mol. The molecule has 18 heavy (non-hydrogen) atoms. The summed E-state index contributed by atoms with van der Waals surface area (Å²) in [6.07, 6.45) is 7.84. The SMILES string of the molecule is CCCC1CCC(Nc2snc(N)c2OC)CC1. The van der Waals surface area contributed by atoms with E-state index in [9.17, 15) is 0 Å². The maximum absolute atomic E-state index is 5.75. The lowest BCUT2D eigenvalue weighted by atomic mass is 9.83. The number of hydrogen-bond donors (Lipinski definition) is 2. The van der Waals surface area contributed by atoms with E-state index in [1.54, 1.807) is 7.11 Å². The van der Waals surface area contributed by atoms with Crippen LogP contribution < -0.4 is 15.8 Å². The van der Waals surface area contributed by atoms with Gasteiger partial charge in [-0.15, -0.1) is 0 Å². The summed E-state index contributed by atoms with van der Waals surface area (Å²) in [4.78, 5) is 0. The zero-order chi connectivity index (χ0) is 13.0. The smallest absolute Gasteiger partial charge is 0.197 e. The van der Waals surface area contributed by atoms with Crippen molar-refractivity contribution in [2.24, 2.45) is 5.92 Å². The van der Waals surface area contributed by atoms with Crippen LogP contribution in [0.15, 0.2) is 0 Å². The van der Waals surface area contributed by atoms with Gasteiger partial charge >= 0.3 is 0 Å². The van der Waals surface area contributed by atoms with E-state index in [1.165, 1.54) is 50.1 Å². The first kappa shape index (κ1) is 13.5. The third kappa shape index (κ3) is 3.07. The van der Waals surface area contributed by atoms with Gasteiger partial charge in [-0.2, -0.15) is 4.37 Å². The van der Waals surface area contributed by atoms with Crippen molar-refractivity contribution < 1.29 is 4.74 Å². The third-order valence-corrected chi connectivity index (χ3v) is 4.53. The first-order chi connectivity index (χ1) is 8.74. The summed E-state index contributed by atoms with van der Waals surface area (Å²) in [7, 11) is 1.64. The molecule has 1 aliphatic rings. The van der Waals surface area contributed by atoms with Gasteiger partial charge in [0.2, 0.25) is 0 Å². The van der Waals surface area contributed by atoms with Gasteiger partial charge in [0.1, 0.15) is 0 Å². The van der Waals surface area contributed by atoms with Crippen molar-refractivity contribution in [2.75, 3.05) is 18.2 Å². The second-order valence-electron chi connectivity index (χ2n) is 5.08. The predicted octanol–water partition coefficient (Wildman–Crippen LogP) is 3.50. The van der Waals surface area contributed by atoms with Crippen molar-refractivity contribution in [3.63, 3.8) is 0 Å². The van der Waals surface area contributed by atoms with E-state index in [1.807, 2.05) is 0 Å². The molecule has 3 N–H and O–H groups in total. The van der Waals surface area contributed by atoms with Crippen LogP contribution in [-0.4, -0.2) is 17.5 Å². The van der Waals surface area contributed by atoms with E-state index < -0.39 is 0 Å². The largest absolute Gasteiger partial charge is 0.490 e. The van der Waals surface area contributed by atoms with Crippen molar-refractivity contribution >= 4 is 22.4 Å². The second kappa shape index (κ2) is 6.27. The quantitative estimate of drug-likeness (QED) is 0.859. The summed E-state index contributed by atoms with van der Waals surface area (Å²) in [5, 5.41) is 4.52. The van der Waals surface area contributed by atoms with E-state index in [2.05, 4.69) is 16.6 Å². The average Bonchev–Trinajstić information content (AvgIpc) is 2.72. The lowest BCUT2D eigenvalue weighted by Crippen LogP contribution is -2.25. The molecule has 1 aromatic heterocycles. The monoisotopic (exact) mass is 269 g/mol. The highest BCUT2D eigenvalue weighted by molar-refractivity contribution is 7.11. The Morgan fingerprint density at radius 3 is 2.72 bits per heavy atom. The third-order valence-electron chi connectivity index (χ3n) is 3.76. The number of nitrogen functional groups attached to an aromatic ring is 1. The van der Waals surface area contributed by atoms with Crippen molar-refractivity contribution in [3.05, 3.63) is 0 Å². The normalized spacial score (nSPS) is 23.9. The van der Waals surface area contributed by atoms with Crippen molar-refractivity contribution in [3.8, 4) is 5.75 Å². The Morgan fingerprint density at radius 2 is 2.11 bits per heavy atom. The van der Waals surface area contributed by atoms with Crippen molar-refractivity contribution in [2.45, 2.75) is 51.5 Å². The van der Waals surface area contributed by atoms with Crippen LogP contribution in [0.4, 0.5) is 10.8 Å². The van der Waals surface area contributed by atoms with Gasteiger partial charge in [0.25, 0.3) is 0 Å². The fourth-order valence-corrected chi connectivity index (χ4v) is 3.54. The first-order valence-electron chi connectivity index (χ1n) is 6.80. The minimum atomic E-state index is 0.490. The molecule has 102 valence electrons. The van der Waals surface area contributed by atoms with Gasteiger partial charge in [0.15, 0.2) is 16.6 Å². The molecule has 1 aliphatic carbocycles. The Bertz CT molecular complexity index is 372. The van der Waals surface area contributed by atoms with Crippen LogP contribution in [0, 0.1) is 5.92 Å². The zero-order valence-electron chi connectivity index (χ0n) is 11.2. The van der Waals surface area contributed by atoms with Crippen LogP contribution in [0.5, 0.6) is 5.75 Å². The van der Waals surface area contributed by atoms with Crippen LogP contribution >= 0.6 is 11.5 Å². The number of nitrogens with zero attached hydrogens (tertiary/aromatic N) is 1. The molecule has 4 nitrogen and oxygen atoms in total. The molecule has 0 spiro atoms. The molecule has 5 heteroatoms. The Morgan fingerprint density at radius 1 is 1.39 bits per heavy atom. The highest BCUT2D eigenvalue weighted by Crippen LogP contribution is 2.37. The Kier molecular flexibility index (Phi) is 4.69. The van der Waals surface area contributed by atoms with Crippen LogP contribution in [0.3, 0.4) is 0 Å². The summed E-state index contributed by atoms with van der Waals surface area (Å²) in [6, 6.07) is 0.548. The van der Waals surface area contributed by atoms with E-state index in [0.29, 0.717) is 17.6 Å². The molecular weight excluding hydrogens is 246 g/mol. The van der Waals surface area contributed by atoms with E-state index in [-0.39, 0.29) is 0 Å². The number of ether oxygens (including phenoxy) is 1. The van der Waals surface area contributed by atoms with Crippen molar-refractivity contribution in [1.29, 1.82) is 0 Å². The second-order valence-corrected chi connectivity index (χ2v) is 5.85. The van der Waals surface area contributed by atoms with Gasteiger partial charge < -0.3 is 15.8 Å². The van der Waals surface area contributed by atoms with Crippen molar-refractivity contribution in [1.82, 2.24) is 4.37 Å². The highest BCUT2D eigenvalue weighted by atomic mass is 32.1. The fraction of sp³-hybridized carbons (Fsp3) is 0.769. The van der Waals surface area contributed by atoms with Gasteiger partial charge in [-0.1, -0.05) is 19.8 Å². The van der Waals surface area contributed by atoms with E-state index in [0.717, 1.165) is 10.9 Å². The molecule has 1 heterocycles. The maximum Gasteiger partial charge on any atom is 0.197 e. The van der Waals surface area contributed by atoms with E-state index >= 15 is 0 Å². The summed E-state index contributed by atoms with van der Waals surface area (Å²) in [5.41, 5.74) is 5.75. The summed E-state index contributed by atoms with van der Waals surface area (Å²) in [6.45, 7) is 2.27. The molecule has 0 bridgehead atoms. The number of rotatable bonds is 5. The highest BCUT2D eigenvalue weighted by Gasteiger charge is 2.22. The number of nitrogens with one attached hydrogen (secondary N) is 1. The number of aromatic nitrogens is 1. The summed E-state index contributed by atoms with van der Waals surface area (Å²) < 4.78 is 9.41. The maximum atomic E-state index is 5.75. The topological polar surface area (TPSA) is 60.2 Å². The van der Waals surface area contributed by atoms with Gasteiger partial charge in [0, 0.05) is 6.04 Å². The Labute approximate surface area is 113 Å². The Balaban J connectivity index is 1.87. The minimum absolute atomic E-state index is 0.490. The first-order valence-corrected chi connectivity index (χ1v) is 7.57. The van der Waals surface area contributed by atoms with Gasteiger partial charge in [0.05, 0.1) is 7.11 Å². The standard InChI is InChI=1S/C13H23N3OS/c1-3-4-9-5-7-10(8-6-9)15-13-11(17-2)12(14)16-18-13/h9-10,15H,3-8H2,1-2H3,(H2,14,16). The molecule has 1 fully saturated rings. The summed E-state index contributed by atoms with van der Waals surface area (Å²) in [5.74, 6) is 2.13. The molecule has 0 saturated heterocycles. The molecule has 0 unspecified atom stereocenters. The molecule has 1 aromatic rings. The van der Waals surface area contributed by atoms with E-state index in [4.69, 9.17) is 10.5 Å². The van der Waals surface area contributed by atoms with Gasteiger partial charge in [-0.05, 0) is 43.1 Å². The lowest BCUT2D eigenvalue weighted by molar-refractivity contribution is 0.318. The number of nitrogens with two attached hydrogens (primary N) is 1.